The van der Waals surface area contributed by atoms with Gasteiger partial charge in [0.1, 0.15) is 16.9 Å². The molecule has 3 heterocycles. The van der Waals surface area contributed by atoms with Crippen molar-refractivity contribution in [2.75, 3.05) is 5.88 Å². The molecule has 0 aliphatic carbocycles. The first-order chi connectivity index (χ1) is 12.2. The number of piperidine rings is 2. The molecule has 6 nitrogen and oxygen atoms in total. The molecule has 2 saturated heterocycles. The Morgan fingerprint density at radius 3 is 2.64 bits per heavy atom. The molecule has 132 valence electrons. The zero-order chi connectivity index (χ0) is 17.4. The van der Waals surface area contributed by atoms with Gasteiger partial charge in [0.05, 0.1) is 11.7 Å². The van der Waals surface area contributed by atoms with Gasteiger partial charge in [0, 0.05) is 23.7 Å². The summed E-state index contributed by atoms with van der Waals surface area (Å²) >= 11 is 6.76. The van der Waals surface area contributed by atoms with Crippen molar-refractivity contribution < 1.29 is 9.59 Å². The molecule has 2 aromatic rings. The average molecular weight is 379 g/mol. The summed E-state index contributed by atoms with van der Waals surface area (Å²) in [4.78, 5) is 26.8. The maximum absolute atomic E-state index is 13.1. The van der Waals surface area contributed by atoms with E-state index in [1.807, 2.05) is 23.1 Å². The van der Waals surface area contributed by atoms with Crippen LogP contribution in [0.5, 0.6) is 0 Å². The molecule has 2 aliphatic heterocycles. The molecule has 2 fully saturated rings. The van der Waals surface area contributed by atoms with Crippen molar-refractivity contribution in [2.24, 2.45) is 0 Å². The Labute approximate surface area is 154 Å². The molecule has 8 heteroatoms. The summed E-state index contributed by atoms with van der Waals surface area (Å²) in [5.41, 5.74) is 2.26. The van der Waals surface area contributed by atoms with Crippen molar-refractivity contribution in [3.8, 4) is 0 Å². The molecule has 2 unspecified atom stereocenters. The molecule has 1 N–H and O–H groups in total. The fourth-order valence-electron chi connectivity index (χ4n) is 4.16. The lowest BCUT2D eigenvalue weighted by Gasteiger charge is -2.49. The molecule has 25 heavy (non-hydrogen) atoms. The van der Waals surface area contributed by atoms with Gasteiger partial charge in [-0.1, -0.05) is 0 Å². The number of amides is 2. The van der Waals surface area contributed by atoms with Crippen molar-refractivity contribution in [3.05, 3.63) is 23.8 Å². The van der Waals surface area contributed by atoms with Gasteiger partial charge in [-0.25, -0.2) is 0 Å². The molecular formula is C17H19ClN4O2S. The van der Waals surface area contributed by atoms with Gasteiger partial charge >= 0.3 is 0 Å². The molecule has 0 radical (unpaired) electrons. The largest absolute Gasteiger partial charge is 0.352 e. The molecule has 2 aliphatic rings. The molecule has 0 saturated carbocycles. The number of carbonyl (C=O) groups is 2. The van der Waals surface area contributed by atoms with Crippen LogP contribution in [0.25, 0.3) is 11.0 Å². The number of halogens is 1. The third-order valence-corrected chi connectivity index (χ3v) is 6.00. The van der Waals surface area contributed by atoms with Gasteiger partial charge in [0.15, 0.2) is 0 Å². The number of carbonyl (C=O) groups excluding carboxylic acids is 2. The van der Waals surface area contributed by atoms with Crippen LogP contribution in [0.4, 0.5) is 0 Å². The Kier molecular flexibility index (Phi) is 4.60. The number of benzene rings is 1. The second-order valence-corrected chi connectivity index (χ2v) is 7.58. The quantitative estimate of drug-likeness (QED) is 0.833. The van der Waals surface area contributed by atoms with E-state index in [9.17, 15) is 9.59 Å². The summed E-state index contributed by atoms with van der Waals surface area (Å²) in [6, 6.07) is 5.97. The Morgan fingerprint density at radius 2 is 1.92 bits per heavy atom. The molecule has 2 bridgehead atoms. The normalized spacial score (nSPS) is 25.8. The van der Waals surface area contributed by atoms with Crippen molar-refractivity contribution in [1.82, 2.24) is 19.0 Å². The molecular weight excluding hydrogens is 360 g/mol. The van der Waals surface area contributed by atoms with Gasteiger partial charge in [0.2, 0.25) is 5.91 Å². The minimum absolute atomic E-state index is 0.0177. The number of hydrogen-bond donors (Lipinski definition) is 1. The smallest absolute Gasteiger partial charge is 0.254 e. The van der Waals surface area contributed by atoms with E-state index in [1.54, 1.807) is 0 Å². The van der Waals surface area contributed by atoms with Crippen LogP contribution >= 0.6 is 23.3 Å². The fraction of sp³-hybridized carbons (Fsp3) is 0.529. The first-order valence-electron chi connectivity index (χ1n) is 8.56. The highest BCUT2D eigenvalue weighted by Gasteiger charge is 2.41. The van der Waals surface area contributed by atoms with E-state index in [1.165, 1.54) is 0 Å². The summed E-state index contributed by atoms with van der Waals surface area (Å²) < 4.78 is 8.42. The highest BCUT2D eigenvalue weighted by atomic mass is 35.5. The zero-order valence-electron chi connectivity index (χ0n) is 13.7. The molecule has 1 aromatic carbocycles. The maximum Gasteiger partial charge on any atom is 0.254 e. The summed E-state index contributed by atoms with van der Waals surface area (Å²) in [5, 5.41) is 2.99. The number of nitrogens with zero attached hydrogens (tertiary/aromatic N) is 3. The SMILES string of the molecule is O=C(CCl)NC1CC2CCCC(C1)N2C(=O)c1ccc2nsnc2c1. The van der Waals surface area contributed by atoms with Gasteiger partial charge in [-0.2, -0.15) is 8.75 Å². The van der Waals surface area contributed by atoms with Crippen molar-refractivity contribution in [2.45, 2.75) is 50.2 Å². The van der Waals surface area contributed by atoms with Gasteiger partial charge < -0.3 is 10.2 Å². The average Bonchev–Trinajstić information content (AvgIpc) is 3.08. The van der Waals surface area contributed by atoms with Crippen LogP contribution in [0.3, 0.4) is 0 Å². The van der Waals surface area contributed by atoms with Crippen LogP contribution in [0, 0.1) is 0 Å². The summed E-state index contributed by atoms with van der Waals surface area (Å²) in [5.74, 6) is -0.0892. The van der Waals surface area contributed by atoms with E-state index in [4.69, 9.17) is 11.6 Å². The summed E-state index contributed by atoms with van der Waals surface area (Å²) in [7, 11) is 0. The highest BCUT2D eigenvalue weighted by Crippen LogP contribution is 2.35. The minimum atomic E-state index is -0.133. The van der Waals surface area contributed by atoms with Crippen molar-refractivity contribution >= 4 is 46.2 Å². The lowest BCUT2D eigenvalue weighted by Crippen LogP contribution is -2.58. The monoisotopic (exact) mass is 378 g/mol. The molecule has 2 atom stereocenters. The fourth-order valence-corrected chi connectivity index (χ4v) is 4.76. The number of aromatic nitrogens is 2. The topological polar surface area (TPSA) is 75.2 Å². The van der Waals surface area contributed by atoms with Crippen molar-refractivity contribution in [1.29, 1.82) is 0 Å². The molecule has 2 amide bonds. The van der Waals surface area contributed by atoms with Crippen LogP contribution < -0.4 is 5.32 Å². The number of rotatable bonds is 3. The molecule has 1 aromatic heterocycles. The molecule has 4 rings (SSSR count). The predicted octanol–water partition coefficient (Wildman–Crippen LogP) is 2.57. The van der Waals surface area contributed by atoms with Crippen LogP contribution in [-0.2, 0) is 4.79 Å². The molecule has 0 spiro atoms. The predicted molar refractivity (Wildman–Crippen MR) is 96.9 cm³/mol. The Balaban J connectivity index is 1.55. The Hall–Kier alpha value is -1.73. The second kappa shape index (κ2) is 6.88. The van der Waals surface area contributed by atoms with E-state index in [0.717, 1.165) is 54.9 Å². The lowest BCUT2D eigenvalue weighted by molar-refractivity contribution is -0.120. The third-order valence-electron chi connectivity index (χ3n) is 5.20. The standard InChI is InChI=1S/C17H19ClN4O2S/c18-9-16(23)19-11-7-12-2-1-3-13(8-11)22(12)17(24)10-4-5-14-15(6-10)21-25-20-14/h4-6,11-13H,1-3,7-9H2,(H,19,23). The van der Waals surface area contributed by atoms with Crippen LogP contribution in [-0.4, -0.2) is 49.5 Å². The Bertz CT molecular complexity index is 797. The number of fused-ring (bicyclic) bond motifs is 3. The second-order valence-electron chi connectivity index (χ2n) is 6.79. The zero-order valence-corrected chi connectivity index (χ0v) is 15.2. The summed E-state index contributed by atoms with van der Waals surface area (Å²) in [6.45, 7) is 0. The van der Waals surface area contributed by atoms with Crippen LogP contribution in [0.15, 0.2) is 18.2 Å². The van der Waals surface area contributed by atoms with E-state index in [0.29, 0.717) is 5.56 Å². The highest BCUT2D eigenvalue weighted by molar-refractivity contribution is 7.00. The van der Waals surface area contributed by atoms with Crippen molar-refractivity contribution in [3.63, 3.8) is 0 Å². The van der Waals surface area contributed by atoms with Gasteiger partial charge in [-0.3, -0.25) is 9.59 Å². The Morgan fingerprint density at radius 1 is 1.20 bits per heavy atom. The van der Waals surface area contributed by atoms with E-state index in [2.05, 4.69) is 14.1 Å². The van der Waals surface area contributed by atoms with E-state index < -0.39 is 0 Å². The van der Waals surface area contributed by atoms with Crippen LogP contribution in [0.2, 0.25) is 0 Å². The van der Waals surface area contributed by atoms with E-state index in [-0.39, 0.29) is 35.8 Å². The van der Waals surface area contributed by atoms with E-state index >= 15 is 0 Å². The van der Waals surface area contributed by atoms with Gasteiger partial charge in [0.25, 0.3) is 5.91 Å². The van der Waals surface area contributed by atoms with Crippen LogP contribution in [0.1, 0.15) is 42.5 Å². The number of alkyl halides is 1. The number of hydrogen-bond acceptors (Lipinski definition) is 5. The van der Waals surface area contributed by atoms with Gasteiger partial charge in [-0.05, 0) is 50.3 Å². The first-order valence-corrected chi connectivity index (χ1v) is 9.82. The van der Waals surface area contributed by atoms with Gasteiger partial charge in [-0.15, -0.1) is 11.6 Å². The summed E-state index contributed by atoms with van der Waals surface area (Å²) in [6.07, 6.45) is 4.69. The first kappa shape index (κ1) is 16.7. The lowest BCUT2D eigenvalue weighted by atomic mass is 9.81. The number of nitrogens with one attached hydrogen (secondary N) is 1. The third kappa shape index (κ3) is 3.22. The maximum atomic E-state index is 13.1. The minimum Gasteiger partial charge on any atom is -0.352 e.